The van der Waals surface area contributed by atoms with Gasteiger partial charge in [0.25, 0.3) is 0 Å². The van der Waals surface area contributed by atoms with Gasteiger partial charge in [0.15, 0.2) is 0 Å². The van der Waals surface area contributed by atoms with Crippen LogP contribution in [-0.4, -0.2) is 74.6 Å². The molecule has 0 aliphatic heterocycles. The lowest BCUT2D eigenvalue weighted by molar-refractivity contribution is -0.186. The van der Waals surface area contributed by atoms with Crippen molar-refractivity contribution in [3.63, 3.8) is 0 Å². The third-order valence-corrected chi connectivity index (χ3v) is 11.5. The summed E-state index contributed by atoms with van der Waals surface area (Å²) in [5, 5.41) is 7.44. The van der Waals surface area contributed by atoms with E-state index in [4.69, 9.17) is 31.0 Å². The van der Waals surface area contributed by atoms with Crippen LogP contribution in [0.15, 0.2) is 76.2 Å². The molecule has 0 spiro atoms. The van der Waals surface area contributed by atoms with Crippen LogP contribution in [0.1, 0.15) is 46.2 Å². The number of aldehydes is 1. The molecule has 334 valence electrons. The van der Waals surface area contributed by atoms with Crippen LogP contribution in [0, 0.1) is 0 Å². The van der Waals surface area contributed by atoms with E-state index in [1.165, 1.54) is 6.07 Å². The maximum absolute atomic E-state index is 14.3. The zero-order chi connectivity index (χ0) is 46.4. The Bertz CT molecular complexity index is 2190. The first-order valence-electron chi connectivity index (χ1n) is 17.2. The molecule has 0 saturated heterocycles. The van der Waals surface area contributed by atoms with Crippen LogP contribution in [0.4, 0.5) is 30.7 Å². The van der Waals surface area contributed by atoms with Crippen molar-refractivity contribution >= 4 is 61.8 Å². The summed E-state index contributed by atoms with van der Waals surface area (Å²) in [4.78, 5) is 90.7. The second-order valence-electron chi connectivity index (χ2n) is 13.4. The first-order valence-corrected chi connectivity index (χ1v) is 21.3. The van der Waals surface area contributed by atoms with Gasteiger partial charge in [-0.1, -0.05) is 70.5 Å². The number of hydrogen-bond donors (Lipinski definition) is 9. The molecule has 26 heteroatoms. The van der Waals surface area contributed by atoms with Gasteiger partial charge in [0.2, 0.25) is 23.4 Å². The number of carbonyl (C=O) groups excluding carboxylic acids is 4. The van der Waals surface area contributed by atoms with Gasteiger partial charge < -0.3 is 46.1 Å². The smallest absolute Gasteiger partial charge is 0.368 e. The number of rotatable bonds is 21. The van der Waals surface area contributed by atoms with Crippen LogP contribution >= 0.6 is 31.1 Å². The number of aliphatic imine (C=N–C) groups is 1. The molecule has 0 aliphatic carbocycles. The topological polar surface area (TPSA) is 284 Å². The van der Waals surface area contributed by atoms with E-state index in [2.05, 4.69) is 43.6 Å². The number of nitrogens with two attached hydrogens (primary N) is 2. The lowest BCUT2D eigenvalue weighted by Crippen LogP contribution is -2.57. The second kappa shape index (κ2) is 19.8. The monoisotopic (exact) mass is 976 g/mol. The number of nitrogens with one attached hydrogen (secondary N) is 3. The molecule has 4 atom stereocenters. The quantitative estimate of drug-likeness (QED) is 0.0320. The van der Waals surface area contributed by atoms with Gasteiger partial charge in [-0.05, 0) is 42.0 Å². The Hall–Kier alpha value is -4.38. The van der Waals surface area contributed by atoms with Crippen molar-refractivity contribution in [2.24, 2.45) is 16.5 Å². The largest absolute Gasteiger partial charge is 0.431 e. The molecule has 1 unspecified atom stereocenters. The van der Waals surface area contributed by atoms with Crippen molar-refractivity contribution < 1.29 is 78.6 Å². The fourth-order valence-electron chi connectivity index (χ4n) is 5.59. The van der Waals surface area contributed by atoms with Crippen LogP contribution in [0.5, 0.6) is 0 Å². The zero-order valence-corrected chi connectivity index (χ0v) is 34.5. The van der Waals surface area contributed by atoms with Crippen LogP contribution in [0.25, 0.3) is 0 Å². The van der Waals surface area contributed by atoms with Gasteiger partial charge in [-0.3, -0.25) is 34.2 Å². The SMILES string of the molecule is C=NC(N)(c1cc(Br)cc(CN[C@@H](CCC=O)C(=O)N[C@@H](Cc2ccc(C(F)(F)P(=O)(O)O)cc2)C(=O)N[C@@H](Cc2ccc(C(F)(F)P(=O)(O)O)cc2)C(N)=O)c1)C(F)(F)F. The predicted molar refractivity (Wildman–Crippen MR) is 207 cm³/mol. The van der Waals surface area contributed by atoms with Crippen LogP contribution in [0.2, 0.25) is 0 Å². The van der Waals surface area contributed by atoms with E-state index >= 15 is 0 Å². The minimum Gasteiger partial charge on any atom is -0.368 e. The van der Waals surface area contributed by atoms with Crippen molar-refractivity contribution in [2.75, 3.05) is 0 Å². The number of carbonyl (C=O) groups is 4. The average molecular weight is 978 g/mol. The molecule has 3 amide bonds. The summed E-state index contributed by atoms with van der Waals surface area (Å²) >= 11 is 3.10. The highest BCUT2D eigenvalue weighted by atomic mass is 79.9. The van der Waals surface area contributed by atoms with E-state index in [0.717, 1.165) is 36.4 Å². The average Bonchev–Trinajstić information content (AvgIpc) is 3.15. The third kappa shape index (κ3) is 12.6. The van der Waals surface area contributed by atoms with E-state index in [1.54, 1.807) is 0 Å². The molecule has 0 radical (unpaired) electrons. The number of nitrogens with zero attached hydrogens (tertiary/aromatic N) is 1. The number of halogens is 8. The van der Waals surface area contributed by atoms with E-state index in [1.807, 2.05) is 0 Å². The number of alkyl halides is 7. The summed E-state index contributed by atoms with van der Waals surface area (Å²) in [6.07, 6.45) is -6.20. The van der Waals surface area contributed by atoms with Crippen LogP contribution < -0.4 is 27.4 Å². The van der Waals surface area contributed by atoms with Crippen molar-refractivity contribution in [1.82, 2.24) is 16.0 Å². The molecule has 0 saturated carbocycles. The number of benzene rings is 3. The molecular weight excluding hydrogens is 939 g/mol. The first-order chi connectivity index (χ1) is 28.0. The van der Waals surface area contributed by atoms with E-state index < -0.39 is 104 Å². The summed E-state index contributed by atoms with van der Waals surface area (Å²) < 4.78 is 121. The molecule has 0 aliphatic rings. The van der Waals surface area contributed by atoms with Gasteiger partial charge in [0, 0.05) is 47.0 Å². The molecule has 3 rings (SSSR count). The molecule has 16 nitrogen and oxygen atoms in total. The fourth-order valence-corrected chi connectivity index (χ4v) is 7.10. The lowest BCUT2D eigenvalue weighted by Gasteiger charge is -2.28. The Kier molecular flexibility index (Phi) is 16.5. The Balaban J connectivity index is 1.96. The summed E-state index contributed by atoms with van der Waals surface area (Å²) in [5.74, 6) is -3.35. The number of amides is 3. The van der Waals surface area contributed by atoms with Gasteiger partial charge >= 0.3 is 32.7 Å². The third-order valence-electron chi connectivity index (χ3n) is 9.03. The lowest BCUT2D eigenvalue weighted by atomic mass is 9.98. The van der Waals surface area contributed by atoms with Crippen molar-refractivity contribution in [3.05, 3.63) is 105 Å². The van der Waals surface area contributed by atoms with Crippen molar-refractivity contribution in [3.8, 4) is 0 Å². The zero-order valence-electron chi connectivity index (χ0n) is 31.2. The molecule has 3 aromatic rings. The highest BCUT2D eigenvalue weighted by molar-refractivity contribution is 9.10. The van der Waals surface area contributed by atoms with Crippen LogP contribution in [-0.2, 0) is 64.7 Å². The first kappa shape index (κ1) is 51.0. The van der Waals surface area contributed by atoms with E-state index in [9.17, 15) is 59.0 Å². The summed E-state index contributed by atoms with van der Waals surface area (Å²) in [6, 6.07) is 5.18. The summed E-state index contributed by atoms with van der Waals surface area (Å²) in [6.45, 7) is 2.60. The Morgan fingerprint density at radius 2 is 1.18 bits per heavy atom. The molecular formula is C35H38BrF7N6O10P2. The summed E-state index contributed by atoms with van der Waals surface area (Å²) in [5.41, 5.74) is -3.89. The van der Waals surface area contributed by atoms with Gasteiger partial charge in [-0.2, -0.15) is 30.7 Å². The number of hydrogen-bond acceptors (Lipinski definition) is 9. The Labute approximate surface area is 350 Å². The maximum atomic E-state index is 14.3. The van der Waals surface area contributed by atoms with E-state index in [-0.39, 0.29) is 40.5 Å². The fraction of sp³-hybridized carbons (Fsp3) is 0.343. The predicted octanol–water partition coefficient (Wildman–Crippen LogP) is 3.66. The highest BCUT2D eigenvalue weighted by Crippen LogP contribution is 2.60. The Morgan fingerprint density at radius 1 is 0.738 bits per heavy atom. The Morgan fingerprint density at radius 3 is 1.59 bits per heavy atom. The molecule has 3 aromatic carbocycles. The van der Waals surface area contributed by atoms with E-state index in [0.29, 0.717) is 30.6 Å². The molecule has 0 bridgehead atoms. The van der Waals surface area contributed by atoms with Crippen molar-refractivity contribution in [1.29, 1.82) is 0 Å². The normalized spacial score (nSPS) is 15.2. The molecule has 0 heterocycles. The summed E-state index contributed by atoms with van der Waals surface area (Å²) in [7, 11) is -11.9. The standard InChI is InChI=1S/C35H38BrF7N6O10P2/c1-46-32(45,35(41,42)43)24-13-21(14-25(36)17-24)18-47-26(3-2-12-50)30(52)49-28(16-20-6-10-23(11-7-20)34(39,40)61(57,58)59)31(53)48-27(29(44)51)15-19-4-8-22(9-5-19)33(37,38)60(54,55)56/h4-14,17,26-28,47H,1-3,15-16,18,45H2,(H2,44,51)(H,48,53)(H,49,52)(H2,54,55,56)(H2,57,58,59)/t26-,27-,28-,32?/m0/s1. The van der Waals surface area contributed by atoms with Gasteiger partial charge in [-0.15, -0.1) is 0 Å². The van der Waals surface area contributed by atoms with Gasteiger partial charge in [0.1, 0.15) is 18.4 Å². The molecule has 0 aromatic heterocycles. The van der Waals surface area contributed by atoms with Gasteiger partial charge in [-0.25, -0.2) is 0 Å². The van der Waals surface area contributed by atoms with Gasteiger partial charge in [0.05, 0.1) is 6.04 Å². The number of primary amides is 1. The molecule has 11 N–H and O–H groups in total. The van der Waals surface area contributed by atoms with Crippen molar-refractivity contribution in [2.45, 2.75) is 73.5 Å². The minimum atomic E-state index is -5.98. The minimum absolute atomic E-state index is 0.00716. The maximum Gasteiger partial charge on any atom is 0.431 e. The van der Waals surface area contributed by atoms with Crippen LogP contribution in [0.3, 0.4) is 0 Å². The molecule has 0 fully saturated rings. The highest BCUT2D eigenvalue weighted by Gasteiger charge is 2.54. The second-order valence-corrected chi connectivity index (χ2v) is 17.7. The molecule has 61 heavy (non-hydrogen) atoms.